The highest BCUT2D eigenvalue weighted by atomic mass is 17.0. The van der Waals surface area contributed by atoms with E-state index in [2.05, 4.69) is 28.2 Å². The van der Waals surface area contributed by atoms with Gasteiger partial charge in [-0.25, -0.2) is 19.4 Å². The largest absolute Gasteiger partial charge is 0.396 e. The molecule has 0 aliphatic rings. The molecule has 4 atom stereocenters. The average Bonchev–Trinajstić information content (AvgIpc) is 3.31. The van der Waals surface area contributed by atoms with Gasteiger partial charge in [0.25, 0.3) is 0 Å². The van der Waals surface area contributed by atoms with Crippen LogP contribution in [-0.2, 0) is 33.8 Å². The molecule has 0 heterocycles. The Hall–Kier alpha value is -0.760. The smallest absolute Gasteiger partial charge is 0.193 e. The van der Waals surface area contributed by atoms with Gasteiger partial charge in [-0.3, -0.25) is 0 Å². The van der Waals surface area contributed by atoms with E-state index in [0.29, 0.717) is 119 Å². The predicted molar refractivity (Wildman–Crippen MR) is 259 cm³/mol. The minimum atomic E-state index is -0.0432. The van der Waals surface area contributed by atoms with E-state index in [4.69, 9.17) is 33.8 Å². The van der Waals surface area contributed by atoms with Gasteiger partial charge in [0.15, 0.2) is 52.4 Å². The van der Waals surface area contributed by atoms with Gasteiger partial charge in [0.05, 0.1) is 48.0 Å². The van der Waals surface area contributed by atoms with Crippen LogP contribution in [0.1, 0.15) is 122 Å². The number of hydrogen-bond acceptors (Lipinski definition) is 14. The molecule has 0 saturated carbocycles. The van der Waals surface area contributed by atoms with Gasteiger partial charge in [-0.05, 0) is 120 Å². The van der Waals surface area contributed by atoms with Crippen molar-refractivity contribution >= 4 is 0 Å². The summed E-state index contributed by atoms with van der Waals surface area (Å²) in [6.07, 6.45) is 15.3. The van der Waals surface area contributed by atoms with Crippen LogP contribution in [0.15, 0.2) is 0 Å². The zero-order valence-corrected chi connectivity index (χ0v) is 43.6. The molecular weight excluding hydrogens is 871 g/mol. The number of ether oxygens (including phenoxy) is 1. The van der Waals surface area contributed by atoms with Gasteiger partial charge >= 0.3 is 0 Å². The molecule has 0 rings (SSSR count). The fourth-order valence-corrected chi connectivity index (χ4v) is 7.46. The molecule has 0 spiro atoms. The molecule has 404 valence electrons. The van der Waals surface area contributed by atoms with Crippen LogP contribution in [0, 0.1) is 0 Å². The van der Waals surface area contributed by atoms with E-state index in [1.165, 1.54) is 0 Å². The van der Waals surface area contributed by atoms with Crippen molar-refractivity contribution in [2.24, 2.45) is 0 Å². The van der Waals surface area contributed by atoms with Crippen molar-refractivity contribution < 1.29 is 92.9 Å². The highest BCUT2D eigenvalue weighted by Gasteiger charge is 2.40. The maximum Gasteiger partial charge on any atom is 0.193 e. The van der Waals surface area contributed by atoms with Gasteiger partial charge in [-0.15, -0.1) is 0 Å². The topological polar surface area (TPSA) is 206 Å². The highest BCUT2D eigenvalue weighted by Crippen LogP contribution is 2.19. The van der Waals surface area contributed by atoms with Crippen LogP contribution >= 0.6 is 0 Å². The summed E-state index contributed by atoms with van der Waals surface area (Å²) in [4.78, 5) is 39.6. The van der Waals surface area contributed by atoms with Gasteiger partial charge in [0, 0.05) is 46.1 Å². The minimum absolute atomic E-state index is 0.0112. The molecular formula is C48H108N5O14+5. The van der Waals surface area contributed by atoms with Crippen LogP contribution in [0.3, 0.4) is 0 Å². The lowest BCUT2D eigenvalue weighted by molar-refractivity contribution is -1.25. The lowest BCUT2D eigenvalue weighted by atomic mass is 10.2. The zero-order chi connectivity index (χ0) is 49.9. The second-order valence-corrected chi connectivity index (χ2v) is 19.1. The number of hydroxylamine groups is 16. The van der Waals surface area contributed by atoms with Gasteiger partial charge in [-0.2, -0.15) is 28.3 Å². The summed E-state index contributed by atoms with van der Waals surface area (Å²) in [7, 11) is 10.4. The third-order valence-electron chi connectivity index (χ3n) is 12.4. The lowest BCUT2D eigenvalue weighted by Gasteiger charge is -2.40. The molecule has 0 aromatic rings. The summed E-state index contributed by atoms with van der Waals surface area (Å²) in [5, 5.41) is 65.5. The molecule has 0 radical (unpaired) electrons. The van der Waals surface area contributed by atoms with Crippen LogP contribution in [0.2, 0.25) is 0 Å². The first-order valence-electron chi connectivity index (χ1n) is 26.2. The molecule has 19 heteroatoms. The van der Waals surface area contributed by atoms with Crippen molar-refractivity contribution in [1.82, 2.24) is 0 Å². The van der Waals surface area contributed by atoms with E-state index in [1.54, 1.807) is 0 Å². The standard InChI is InChI=1S/C48H108N5O14/c1-49(25-24-41-61-48-40-60,62-42-18-6-12-34-54)26-27-50(2,63-43-19-7-13-35-55)28-29-51(3,64-44-20-8-14-36-56)30-31-52(4,65-45-21-9-15-37-57)32-33-53(5,66-46-22-10-16-38-58)67-47-23-11-17-39-59/h54-60H,6-48H2,1-5H3/q+5. The molecule has 0 amide bonds. The van der Waals surface area contributed by atoms with Crippen molar-refractivity contribution in [1.29, 1.82) is 0 Å². The Balaban J connectivity index is 6.55. The van der Waals surface area contributed by atoms with Crippen LogP contribution < -0.4 is 0 Å². The van der Waals surface area contributed by atoms with E-state index >= 15 is 0 Å². The van der Waals surface area contributed by atoms with Crippen molar-refractivity contribution in [2.45, 2.75) is 122 Å². The number of hydrogen-bond donors (Lipinski definition) is 7. The third-order valence-corrected chi connectivity index (χ3v) is 12.4. The number of aliphatic hydroxyl groups excluding tert-OH is 7. The normalized spacial score (nSPS) is 15.9. The maximum absolute atomic E-state index is 9.48. The number of rotatable bonds is 54. The van der Waals surface area contributed by atoms with E-state index in [0.717, 1.165) is 129 Å². The van der Waals surface area contributed by atoms with E-state index in [-0.39, 0.29) is 55.7 Å². The number of aliphatic hydroxyl groups is 7. The summed E-state index contributed by atoms with van der Waals surface area (Å²) in [6.45, 7) is 10.7. The molecule has 19 nitrogen and oxygen atoms in total. The Bertz CT molecular complexity index is 981. The molecule has 0 bridgehead atoms. The molecule has 0 aliphatic carbocycles. The molecule has 0 aromatic carbocycles. The van der Waals surface area contributed by atoms with E-state index < -0.39 is 0 Å². The zero-order valence-electron chi connectivity index (χ0n) is 43.6. The summed E-state index contributed by atoms with van der Waals surface area (Å²) < 4.78 is 6.91. The first-order chi connectivity index (χ1) is 32.3. The van der Waals surface area contributed by atoms with Gasteiger partial charge in [-0.1, -0.05) is 0 Å². The van der Waals surface area contributed by atoms with Gasteiger partial charge < -0.3 is 40.5 Å². The summed E-state index contributed by atoms with van der Waals surface area (Å²) in [5.41, 5.74) is 0. The molecule has 4 unspecified atom stereocenters. The number of nitrogens with zero attached hydrogens (tertiary/aromatic N) is 5. The minimum Gasteiger partial charge on any atom is -0.396 e. The molecule has 7 N–H and O–H groups in total. The van der Waals surface area contributed by atoms with Crippen molar-refractivity contribution in [3.8, 4) is 0 Å². The van der Waals surface area contributed by atoms with E-state index in [9.17, 15) is 35.7 Å². The van der Waals surface area contributed by atoms with Crippen molar-refractivity contribution in [2.75, 3.05) is 193 Å². The Morgan fingerprint density at radius 1 is 0.224 bits per heavy atom. The second-order valence-electron chi connectivity index (χ2n) is 19.1. The SMILES string of the molecule is C[N+](CCCOCCO)(CC[N+](C)(CC[N+](C)(CC[N+](C)(CC[N+](C)(OCCCCCO)OCCCCCO)OCCCCCO)OCCCCCO)OCCCCCO)OCCCCCO. The molecule has 0 saturated heterocycles. The number of likely N-dealkylation sites (N-methyl/N-ethyl adjacent to an activating group) is 5. The maximum atomic E-state index is 9.48. The quantitative estimate of drug-likeness (QED) is 0.0266. The lowest BCUT2D eigenvalue weighted by Crippen LogP contribution is -2.61. The Kier molecular flexibility index (Phi) is 42.4. The van der Waals surface area contributed by atoms with Gasteiger partial charge in [0.1, 0.15) is 53.2 Å². The van der Waals surface area contributed by atoms with Crippen LogP contribution in [0.4, 0.5) is 0 Å². The molecule has 67 heavy (non-hydrogen) atoms. The number of unbranched alkanes of at least 4 members (excludes halogenated alkanes) is 12. The summed E-state index contributed by atoms with van der Waals surface area (Å²) in [6, 6.07) is 0. The monoisotopic (exact) mass is 979 g/mol. The predicted octanol–water partition coefficient (Wildman–Crippen LogP) is 3.18. The van der Waals surface area contributed by atoms with Gasteiger partial charge in [0.2, 0.25) is 0 Å². The first kappa shape index (κ1) is 66.2. The molecule has 0 aliphatic heterocycles. The average molecular weight is 979 g/mol. The first-order valence-corrected chi connectivity index (χ1v) is 26.2. The Morgan fingerprint density at radius 3 is 0.746 bits per heavy atom. The van der Waals surface area contributed by atoms with Crippen LogP contribution in [-0.4, -0.2) is 252 Å². The fraction of sp³-hybridized carbons (Fsp3) is 1.00. The Labute approximate surface area is 407 Å². The van der Waals surface area contributed by atoms with Crippen LogP contribution in [0.25, 0.3) is 0 Å². The molecule has 0 aromatic heterocycles. The highest BCUT2D eigenvalue weighted by molar-refractivity contribution is 4.46. The van der Waals surface area contributed by atoms with Crippen molar-refractivity contribution in [3.05, 3.63) is 0 Å². The number of quaternary nitrogens is 5. The Morgan fingerprint density at radius 2 is 0.478 bits per heavy atom. The summed E-state index contributed by atoms with van der Waals surface area (Å²) >= 11 is 0. The van der Waals surface area contributed by atoms with E-state index in [1.807, 2.05) is 7.05 Å². The summed E-state index contributed by atoms with van der Waals surface area (Å²) in [5.74, 6) is 0. The molecule has 0 fully saturated rings. The third kappa shape index (κ3) is 37.7. The fourth-order valence-electron chi connectivity index (χ4n) is 7.46. The second kappa shape index (κ2) is 42.9. The van der Waals surface area contributed by atoms with Crippen LogP contribution in [0.5, 0.6) is 0 Å². The van der Waals surface area contributed by atoms with Crippen molar-refractivity contribution in [3.63, 3.8) is 0 Å².